The number of aryl methyl sites for hydroxylation is 2. The van der Waals surface area contributed by atoms with E-state index in [9.17, 15) is 0 Å². The maximum atomic E-state index is 5.28. The van der Waals surface area contributed by atoms with Gasteiger partial charge in [-0.3, -0.25) is 0 Å². The van der Waals surface area contributed by atoms with Crippen molar-refractivity contribution >= 4 is 11.3 Å². The number of thiophene rings is 1. The van der Waals surface area contributed by atoms with Gasteiger partial charge in [0.25, 0.3) is 5.89 Å². The molecule has 19 heavy (non-hydrogen) atoms. The standard InChI is InChI=1S/C13H12N4OS/c1-8-11(6-14-9(2)15-8)13-16-12(17-18-13)5-10-3-4-19-7-10/h3-4,6-7H,5H2,1-2H3. The maximum absolute atomic E-state index is 5.28. The third kappa shape index (κ3) is 2.53. The summed E-state index contributed by atoms with van der Waals surface area (Å²) in [5.74, 6) is 1.88. The predicted molar refractivity (Wildman–Crippen MR) is 71.9 cm³/mol. The lowest BCUT2D eigenvalue weighted by Gasteiger charge is -1.99. The summed E-state index contributed by atoms with van der Waals surface area (Å²) >= 11 is 1.66. The first-order valence-electron chi connectivity index (χ1n) is 5.86. The summed E-state index contributed by atoms with van der Waals surface area (Å²) in [6.07, 6.45) is 2.40. The first kappa shape index (κ1) is 12.0. The van der Waals surface area contributed by atoms with E-state index in [-0.39, 0.29) is 0 Å². The number of aromatic nitrogens is 4. The van der Waals surface area contributed by atoms with Gasteiger partial charge >= 0.3 is 0 Å². The first-order valence-corrected chi connectivity index (χ1v) is 6.81. The summed E-state index contributed by atoms with van der Waals surface area (Å²) < 4.78 is 5.28. The molecular formula is C13H12N4OS. The van der Waals surface area contributed by atoms with Crippen molar-refractivity contribution in [3.05, 3.63) is 45.9 Å². The Hall–Kier alpha value is -2.08. The summed E-state index contributed by atoms with van der Waals surface area (Å²) in [5, 5.41) is 8.11. The third-order valence-electron chi connectivity index (χ3n) is 2.74. The van der Waals surface area contributed by atoms with Crippen LogP contribution in [-0.2, 0) is 6.42 Å². The van der Waals surface area contributed by atoms with Crippen LogP contribution >= 0.6 is 11.3 Å². The van der Waals surface area contributed by atoms with Gasteiger partial charge < -0.3 is 4.52 Å². The van der Waals surface area contributed by atoms with E-state index in [1.54, 1.807) is 17.5 Å². The molecule has 3 aromatic rings. The number of rotatable bonds is 3. The molecule has 3 heterocycles. The predicted octanol–water partition coefficient (Wildman–Crippen LogP) is 2.80. The number of hydrogen-bond donors (Lipinski definition) is 0. The molecule has 0 aromatic carbocycles. The summed E-state index contributed by atoms with van der Waals surface area (Å²) in [6, 6.07) is 2.06. The Morgan fingerprint density at radius 1 is 1.26 bits per heavy atom. The lowest BCUT2D eigenvalue weighted by Crippen LogP contribution is -1.94. The lowest BCUT2D eigenvalue weighted by molar-refractivity contribution is 0.423. The van der Waals surface area contributed by atoms with Crippen LogP contribution in [0.4, 0.5) is 0 Å². The van der Waals surface area contributed by atoms with Gasteiger partial charge in [-0.15, -0.1) is 0 Å². The molecule has 0 spiro atoms. The molecular weight excluding hydrogens is 260 g/mol. The highest BCUT2D eigenvalue weighted by Gasteiger charge is 2.13. The molecule has 0 aliphatic rings. The van der Waals surface area contributed by atoms with Crippen LogP contribution in [0.15, 0.2) is 27.5 Å². The van der Waals surface area contributed by atoms with Crippen molar-refractivity contribution in [3.8, 4) is 11.5 Å². The van der Waals surface area contributed by atoms with E-state index in [0.717, 1.165) is 17.1 Å². The molecule has 6 heteroatoms. The van der Waals surface area contributed by atoms with E-state index in [1.165, 1.54) is 5.56 Å². The SMILES string of the molecule is Cc1ncc(-c2nc(Cc3ccsc3)no2)c(C)n1. The van der Waals surface area contributed by atoms with Crippen molar-refractivity contribution in [1.82, 2.24) is 20.1 Å². The minimum absolute atomic E-state index is 0.475. The van der Waals surface area contributed by atoms with Crippen LogP contribution in [0.3, 0.4) is 0 Å². The van der Waals surface area contributed by atoms with Gasteiger partial charge in [0, 0.05) is 12.6 Å². The Morgan fingerprint density at radius 3 is 2.89 bits per heavy atom. The van der Waals surface area contributed by atoms with Gasteiger partial charge in [-0.25, -0.2) is 9.97 Å². The van der Waals surface area contributed by atoms with E-state index in [0.29, 0.717) is 18.1 Å². The van der Waals surface area contributed by atoms with Crippen LogP contribution in [0.1, 0.15) is 22.9 Å². The van der Waals surface area contributed by atoms with Crippen molar-refractivity contribution in [1.29, 1.82) is 0 Å². The fourth-order valence-corrected chi connectivity index (χ4v) is 2.47. The molecule has 0 aliphatic carbocycles. The second kappa shape index (κ2) is 4.89. The van der Waals surface area contributed by atoms with Crippen molar-refractivity contribution in [3.63, 3.8) is 0 Å². The highest BCUT2D eigenvalue weighted by Crippen LogP contribution is 2.20. The van der Waals surface area contributed by atoms with Gasteiger partial charge in [0.15, 0.2) is 5.82 Å². The fourth-order valence-electron chi connectivity index (χ4n) is 1.80. The average Bonchev–Trinajstić information content (AvgIpc) is 3.01. The minimum atomic E-state index is 0.475. The van der Waals surface area contributed by atoms with Crippen molar-refractivity contribution in [2.45, 2.75) is 20.3 Å². The summed E-state index contributed by atoms with van der Waals surface area (Å²) in [4.78, 5) is 12.9. The quantitative estimate of drug-likeness (QED) is 0.733. The van der Waals surface area contributed by atoms with Gasteiger partial charge in [0.1, 0.15) is 5.82 Å². The normalized spacial score (nSPS) is 10.8. The third-order valence-corrected chi connectivity index (χ3v) is 3.47. The molecule has 0 atom stereocenters. The van der Waals surface area contributed by atoms with Crippen LogP contribution in [0.5, 0.6) is 0 Å². The van der Waals surface area contributed by atoms with Crippen LogP contribution < -0.4 is 0 Å². The molecule has 0 saturated carbocycles. The summed E-state index contributed by atoms with van der Waals surface area (Å²) in [6.45, 7) is 3.76. The summed E-state index contributed by atoms with van der Waals surface area (Å²) in [5.41, 5.74) is 2.82. The molecule has 0 fully saturated rings. The first-order chi connectivity index (χ1) is 9.22. The average molecular weight is 272 g/mol. The van der Waals surface area contributed by atoms with E-state index in [4.69, 9.17) is 4.52 Å². The Labute approximate surface area is 114 Å². The Morgan fingerprint density at radius 2 is 2.16 bits per heavy atom. The zero-order valence-electron chi connectivity index (χ0n) is 10.6. The van der Waals surface area contributed by atoms with E-state index in [1.807, 2.05) is 19.2 Å². The molecule has 0 aliphatic heterocycles. The molecule has 0 amide bonds. The largest absolute Gasteiger partial charge is 0.334 e. The van der Waals surface area contributed by atoms with Gasteiger partial charge in [0.05, 0.1) is 11.3 Å². The number of hydrogen-bond acceptors (Lipinski definition) is 6. The Balaban J connectivity index is 1.88. The van der Waals surface area contributed by atoms with Gasteiger partial charge in [-0.2, -0.15) is 16.3 Å². The topological polar surface area (TPSA) is 64.7 Å². The highest BCUT2D eigenvalue weighted by atomic mass is 32.1. The highest BCUT2D eigenvalue weighted by molar-refractivity contribution is 7.07. The molecule has 3 aromatic heterocycles. The maximum Gasteiger partial charge on any atom is 0.261 e. The van der Waals surface area contributed by atoms with Crippen molar-refractivity contribution < 1.29 is 4.52 Å². The van der Waals surface area contributed by atoms with Gasteiger partial charge in [-0.05, 0) is 36.2 Å². The van der Waals surface area contributed by atoms with Gasteiger partial charge in [0.2, 0.25) is 0 Å². The van der Waals surface area contributed by atoms with Crippen molar-refractivity contribution in [2.24, 2.45) is 0 Å². The Kier molecular flexibility index (Phi) is 3.08. The van der Waals surface area contributed by atoms with Crippen LogP contribution in [-0.4, -0.2) is 20.1 Å². The van der Waals surface area contributed by atoms with Crippen LogP contribution in [0.2, 0.25) is 0 Å². The lowest BCUT2D eigenvalue weighted by atomic mass is 10.2. The second-order valence-electron chi connectivity index (χ2n) is 4.24. The summed E-state index contributed by atoms with van der Waals surface area (Å²) in [7, 11) is 0. The monoisotopic (exact) mass is 272 g/mol. The Bertz CT molecular complexity index is 690. The molecule has 0 bridgehead atoms. The molecule has 5 nitrogen and oxygen atoms in total. The second-order valence-corrected chi connectivity index (χ2v) is 5.02. The molecule has 0 saturated heterocycles. The van der Waals surface area contributed by atoms with E-state index >= 15 is 0 Å². The fraction of sp³-hybridized carbons (Fsp3) is 0.231. The molecule has 3 rings (SSSR count). The minimum Gasteiger partial charge on any atom is -0.334 e. The molecule has 0 unspecified atom stereocenters. The van der Waals surface area contributed by atoms with Crippen molar-refractivity contribution in [2.75, 3.05) is 0 Å². The molecule has 0 N–H and O–H groups in total. The van der Waals surface area contributed by atoms with E-state index < -0.39 is 0 Å². The smallest absolute Gasteiger partial charge is 0.261 e. The van der Waals surface area contributed by atoms with Crippen LogP contribution in [0, 0.1) is 13.8 Å². The van der Waals surface area contributed by atoms with E-state index in [2.05, 4.69) is 31.6 Å². The number of nitrogens with zero attached hydrogens (tertiary/aromatic N) is 4. The van der Waals surface area contributed by atoms with Gasteiger partial charge in [-0.1, -0.05) is 5.16 Å². The zero-order chi connectivity index (χ0) is 13.2. The molecule has 96 valence electrons. The van der Waals surface area contributed by atoms with Crippen LogP contribution in [0.25, 0.3) is 11.5 Å². The molecule has 0 radical (unpaired) electrons. The zero-order valence-corrected chi connectivity index (χ0v) is 11.4.